The predicted molar refractivity (Wildman–Crippen MR) is 72.5 cm³/mol. The maximum Gasteiger partial charge on any atom is 0.306 e. The second-order valence-corrected chi connectivity index (χ2v) is 6.18. The average Bonchev–Trinajstić information content (AvgIpc) is 2.38. The van der Waals surface area contributed by atoms with E-state index in [1.165, 1.54) is 6.92 Å². The van der Waals surface area contributed by atoms with Gasteiger partial charge < -0.3 is 0 Å². The molecule has 0 bridgehead atoms. The molecule has 0 radical (unpaired) electrons. The number of benzene rings is 1. The van der Waals surface area contributed by atoms with Crippen molar-refractivity contribution in [3.8, 4) is 0 Å². The average molecular weight is 304 g/mol. The summed E-state index contributed by atoms with van der Waals surface area (Å²) in [6.45, 7) is 4.95. The zero-order valence-electron chi connectivity index (χ0n) is 11.5. The van der Waals surface area contributed by atoms with Crippen LogP contribution in [0.4, 0.5) is 10.1 Å². The fraction of sp³-hybridized carbons (Fsp3) is 0.500. The Morgan fingerprint density at radius 2 is 1.90 bits per heavy atom. The second-order valence-electron chi connectivity index (χ2n) is 4.47. The lowest BCUT2D eigenvalue weighted by molar-refractivity contribution is -0.387. The molecule has 0 unspecified atom stereocenters. The van der Waals surface area contributed by atoms with E-state index in [-0.39, 0.29) is 16.5 Å². The zero-order chi connectivity index (χ0) is 15.5. The van der Waals surface area contributed by atoms with Crippen molar-refractivity contribution in [2.45, 2.75) is 44.6 Å². The largest absolute Gasteiger partial charge is 0.306 e. The van der Waals surface area contributed by atoms with Crippen molar-refractivity contribution in [2.75, 3.05) is 0 Å². The molecule has 0 aromatic heterocycles. The zero-order valence-corrected chi connectivity index (χ0v) is 12.3. The molecule has 112 valence electrons. The van der Waals surface area contributed by atoms with Crippen LogP contribution >= 0.6 is 0 Å². The van der Waals surface area contributed by atoms with E-state index >= 15 is 0 Å². The van der Waals surface area contributed by atoms with E-state index < -0.39 is 26.5 Å². The molecule has 8 heteroatoms. The highest BCUT2D eigenvalue weighted by molar-refractivity contribution is 7.89. The summed E-state index contributed by atoms with van der Waals surface area (Å²) in [6, 6.07) is 1.57. The van der Waals surface area contributed by atoms with E-state index in [1.54, 1.807) is 0 Å². The van der Waals surface area contributed by atoms with Gasteiger partial charge in [-0.3, -0.25) is 10.1 Å². The number of sulfonamides is 1. The first-order valence-electron chi connectivity index (χ1n) is 6.19. The number of halogens is 1. The molecule has 0 fully saturated rings. The third-order valence-electron chi connectivity index (χ3n) is 3.02. The smallest absolute Gasteiger partial charge is 0.258 e. The summed E-state index contributed by atoms with van der Waals surface area (Å²) in [5.74, 6) is -1.02. The lowest BCUT2D eigenvalue weighted by atomic mass is 10.2. The Bertz CT molecular complexity index is 612. The summed E-state index contributed by atoms with van der Waals surface area (Å²) in [7, 11) is -3.90. The van der Waals surface area contributed by atoms with Gasteiger partial charge in [0.05, 0.1) is 9.82 Å². The minimum Gasteiger partial charge on any atom is -0.258 e. The SMILES string of the molecule is CCC(CC)NS(=O)(=O)c1cc(C)c(F)c([N+](=O)[O-])c1. The Labute approximate surface area is 117 Å². The van der Waals surface area contributed by atoms with Crippen molar-refractivity contribution < 1.29 is 17.7 Å². The summed E-state index contributed by atoms with van der Waals surface area (Å²) in [5.41, 5.74) is -0.918. The Balaban J connectivity index is 3.29. The van der Waals surface area contributed by atoms with Crippen molar-refractivity contribution in [1.29, 1.82) is 0 Å². The van der Waals surface area contributed by atoms with E-state index in [1.807, 2.05) is 13.8 Å². The number of rotatable bonds is 6. The van der Waals surface area contributed by atoms with Gasteiger partial charge in [-0.15, -0.1) is 0 Å². The molecule has 6 nitrogen and oxygen atoms in total. The van der Waals surface area contributed by atoms with E-state index in [0.717, 1.165) is 12.1 Å². The highest BCUT2D eigenvalue weighted by Gasteiger charge is 2.25. The molecule has 1 aromatic rings. The summed E-state index contributed by atoms with van der Waals surface area (Å²) in [5, 5.41) is 10.7. The lowest BCUT2D eigenvalue weighted by Gasteiger charge is -2.15. The number of aryl methyl sites for hydroxylation is 1. The number of hydrogen-bond donors (Lipinski definition) is 1. The van der Waals surface area contributed by atoms with Gasteiger partial charge in [0.2, 0.25) is 15.8 Å². The van der Waals surface area contributed by atoms with Crippen molar-refractivity contribution in [1.82, 2.24) is 4.72 Å². The van der Waals surface area contributed by atoms with Gasteiger partial charge in [-0.1, -0.05) is 13.8 Å². The molecule has 1 N–H and O–H groups in total. The Kier molecular flexibility index (Phi) is 5.18. The van der Waals surface area contributed by atoms with Gasteiger partial charge in [0.1, 0.15) is 0 Å². The molecule has 1 aromatic carbocycles. The molecular weight excluding hydrogens is 287 g/mol. The normalized spacial score (nSPS) is 11.8. The molecule has 0 atom stereocenters. The highest BCUT2D eigenvalue weighted by Crippen LogP contribution is 2.25. The fourth-order valence-electron chi connectivity index (χ4n) is 1.75. The van der Waals surface area contributed by atoms with Crippen molar-refractivity contribution in [3.63, 3.8) is 0 Å². The molecule has 0 heterocycles. The summed E-state index contributed by atoms with van der Waals surface area (Å²) < 4.78 is 40.3. The third kappa shape index (κ3) is 3.51. The van der Waals surface area contributed by atoms with E-state index in [4.69, 9.17) is 0 Å². The van der Waals surface area contributed by atoms with Crippen LogP contribution in [-0.2, 0) is 10.0 Å². The Morgan fingerprint density at radius 1 is 1.35 bits per heavy atom. The van der Waals surface area contributed by atoms with Crippen LogP contribution in [0.15, 0.2) is 17.0 Å². The highest BCUT2D eigenvalue weighted by atomic mass is 32.2. The van der Waals surface area contributed by atoms with Crippen LogP contribution in [-0.4, -0.2) is 19.4 Å². The molecule has 0 aliphatic carbocycles. The predicted octanol–water partition coefficient (Wildman–Crippen LogP) is 2.51. The van der Waals surface area contributed by atoms with E-state index in [9.17, 15) is 22.9 Å². The first kappa shape index (κ1) is 16.5. The minimum absolute atomic E-state index is 0.0795. The van der Waals surface area contributed by atoms with Crippen LogP contribution in [0.25, 0.3) is 0 Å². The van der Waals surface area contributed by atoms with Gasteiger partial charge >= 0.3 is 5.69 Å². The molecular formula is C12H17FN2O4S. The molecule has 0 amide bonds. The number of nitrogens with one attached hydrogen (secondary N) is 1. The van der Waals surface area contributed by atoms with Crippen LogP contribution in [0.2, 0.25) is 0 Å². The summed E-state index contributed by atoms with van der Waals surface area (Å²) >= 11 is 0. The van der Waals surface area contributed by atoms with Gasteiger partial charge in [0, 0.05) is 12.1 Å². The maximum absolute atomic E-state index is 13.6. The van der Waals surface area contributed by atoms with Gasteiger partial charge in [-0.25, -0.2) is 13.1 Å². The monoisotopic (exact) mass is 304 g/mol. The summed E-state index contributed by atoms with van der Waals surface area (Å²) in [6.07, 6.45) is 1.19. The molecule has 0 spiro atoms. The quantitative estimate of drug-likeness (QED) is 0.646. The number of nitro groups is 1. The summed E-state index contributed by atoms with van der Waals surface area (Å²) in [4.78, 5) is 9.51. The van der Waals surface area contributed by atoms with E-state index in [2.05, 4.69) is 4.72 Å². The topological polar surface area (TPSA) is 89.3 Å². The Morgan fingerprint density at radius 3 is 2.35 bits per heavy atom. The second kappa shape index (κ2) is 6.27. The van der Waals surface area contributed by atoms with Crippen molar-refractivity contribution >= 4 is 15.7 Å². The van der Waals surface area contributed by atoms with E-state index in [0.29, 0.717) is 12.8 Å². The van der Waals surface area contributed by atoms with Crippen molar-refractivity contribution in [3.05, 3.63) is 33.6 Å². The van der Waals surface area contributed by atoms with Crippen LogP contribution in [0.1, 0.15) is 32.3 Å². The van der Waals surface area contributed by atoms with Gasteiger partial charge in [0.15, 0.2) is 0 Å². The molecule has 20 heavy (non-hydrogen) atoms. The first-order valence-corrected chi connectivity index (χ1v) is 7.68. The van der Waals surface area contributed by atoms with Gasteiger partial charge in [0.25, 0.3) is 0 Å². The minimum atomic E-state index is -3.90. The first-order chi connectivity index (χ1) is 9.22. The van der Waals surface area contributed by atoms with Gasteiger partial charge in [-0.05, 0) is 31.4 Å². The molecule has 1 rings (SSSR count). The van der Waals surface area contributed by atoms with Gasteiger partial charge in [-0.2, -0.15) is 4.39 Å². The van der Waals surface area contributed by atoms with Crippen molar-refractivity contribution in [2.24, 2.45) is 0 Å². The molecule has 0 saturated heterocycles. The molecule has 0 saturated carbocycles. The number of nitrogens with zero attached hydrogens (tertiary/aromatic N) is 1. The van der Waals surface area contributed by atoms with Crippen LogP contribution in [0.5, 0.6) is 0 Å². The maximum atomic E-state index is 13.6. The molecule has 0 aliphatic heterocycles. The number of hydrogen-bond acceptors (Lipinski definition) is 4. The number of nitro benzene ring substituents is 1. The van der Waals surface area contributed by atoms with Crippen LogP contribution in [0, 0.1) is 22.9 Å². The lowest BCUT2D eigenvalue weighted by Crippen LogP contribution is -2.33. The molecule has 0 aliphatic rings. The fourth-order valence-corrected chi connectivity index (χ4v) is 3.26. The van der Waals surface area contributed by atoms with Crippen LogP contribution < -0.4 is 4.72 Å². The van der Waals surface area contributed by atoms with Crippen LogP contribution in [0.3, 0.4) is 0 Å². The Hall–Kier alpha value is -1.54. The third-order valence-corrected chi connectivity index (χ3v) is 4.52. The standard InChI is InChI=1S/C12H17FN2O4S/c1-4-9(5-2)14-20(18,19)10-6-8(3)12(13)11(7-10)15(16)17/h6-7,9,14H,4-5H2,1-3H3.